The minimum absolute atomic E-state index is 0.0115. The highest BCUT2D eigenvalue weighted by Crippen LogP contribution is 2.24. The largest absolute Gasteiger partial charge is 0.465 e. The highest BCUT2D eigenvalue weighted by molar-refractivity contribution is 6.11. The number of hydrogen-bond donors (Lipinski definition) is 1. The van der Waals surface area contributed by atoms with Crippen molar-refractivity contribution in [2.24, 2.45) is 0 Å². The quantitative estimate of drug-likeness (QED) is 0.503. The maximum absolute atomic E-state index is 12.6. The van der Waals surface area contributed by atoms with E-state index >= 15 is 0 Å². The molecule has 30 heavy (non-hydrogen) atoms. The van der Waals surface area contributed by atoms with Crippen LogP contribution in [0.1, 0.15) is 33.2 Å². The molecule has 0 bridgehead atoms. The van der Waals surface area contributed by atoms with Crippen LogP contribution < -0.4 is 5.32 Å². The Kier molecular flexibility index (Phi) is 6.27. The summed E-state index contributed by atoms with van der Waals surface area (Å²) in [5, 5.41) is 4.84. The molecular weight excluding hydrogens is 382 g/mol. The van der Waals surface area contributed by atoms with Gasteiger partial charge in [0.05, 0.1) is 31.0 Å². The normalized spacial score (nSPS) is 11.1. The number of carbonyl (C=O) groups is 3. The molecule has 0 spiro atoms. The zero-order chi connectivity index (χ0) is 21.7. The first kappa shape index (κ1) is 20.8. The van der Waals surface area contributed by atoms with Gasteiger partial charge in [-0.25, -0.2) is 9.59 Å². The topological polar surface area (TPSA) is 81.7 Å². The van der Waals surface area contributed by atoms with Crippen molar-refractivity contribution in [1.29, 1.82) is 0 Å². The number of ether oxygens (including phenoxy) is 2. The summed E-state index contributed by atoms with van der Waals surface area (Å²) in [5.41, 5.74) is 1.77. The zero-order valence-electron chi connectivity index (χ0n) is 16.9. The molecule has 3 aromatic carbocycles. The Labute approximate surface area is 174 Å². The lowest BCUT2D eigenvalue weighted by Gasteiger charge is -2.12. The molecule has 3 rings (SSSR count). The van der Waals surface area contributed by atoms with E-state index in [1.165, 1.54) is 32.4 Å². The van der Waals surface area contributed by atoms with Crippen molar-refractivity contribution in [3.05, 3.63) is 83.4 Å². The minimum Gasteiger partial charge on any atom is -0.465 e. The molecule has 6 heteroatoms. The summed E-state index contributed by atoms with van der Waals surface area (Å²) in [7, 11) is 2.41. The van der Waals surface area contributed by atoms with Crippen molar-refractivity contribution in [1.82, 2.24) is 0 Å². The molecule has 0 fully saturated rings. The van der Waals surface area contributed by atoms with Gasteiger partial charge < -0.3 is 14.8 Å². The maximum atomic E-state index is 12.6. The Morgan fingerprint density at radius 2 is 1.53 bits per heavy atom. The molecule has 0 aliphatic rings. The maximum Gasteiger partial charge on any atom is 0.340 e. The predicted molar refractivity (Wildman–Crippen MR) is 115 cm³/mol. The molecule has 0 saturated carbocycles. The van der Waals surface area contributed by atoms with E-state index in [2.05, 4.69) is 5.32 Å². The first-order valence-corrected chi connectivity index (χ1v) is 9.22. The van der Waals surface area contributed by atoms with Crippen LogP contribution in [0, 0.1) is 0 Å². The second-order valence-corrected chi connectivity index (χ2v) is 6.59. The van der Waals surface area contributed by atoms with Crippen molar-refractivity contribution < 1.29 is 23.9 Å². The van der Waals surface area contributed by atoms with Crippen LogP contribution in [-0.2, 0) is 14.3 Å². The molecular formula is C24H21NO5. The molecule has 1 N–H and O–H groups in total. The smallest absolute Gasteiger partial charge is 0.340 e. The third-order valence-electron chi connectivity index (χ3n) is 4.67. The number of methoxy groups -OCH3 is 2. The highest BCUT2D eigenvalue weighted by atomic mass is 16.5. The third-order valence-corrected chi connectivity index (χ3v) is 4.67. The summed E-state index contributed by atoms with van der Waals surface area (Å²) in [5.74, 6) is -1.89. The van der Waals surface area contributed by atoms with E-state index < -0.39 is 17.8 Å². The van der Waals surface area contributed by atoms with Crippen LogP contribution in [0.25, 0.3) is 16.3 Å². The van der Waals surface area contributed by atoms with Gasteiger partial charge in [-0.2, -0.15) is 0 Å². The lowest BCUT2D eigenvalue weighted by Crippen LogP contribution is -2.17. The van der Waals surface area contributed by atoms with E-state index in [1.54, 1.807) is 6.07 Å². The lowest BCUT2D eigenvalue weighted by atomic mass is 10.0. The second-order valence-electron chi connectivity index (χ2n) is 6.59. The number of esters is 2. The van der Waals surface area contributed by atoms with E-state index in [0.717, 1.165) is 21.9 Å². The second kappa shape index (κ2) is 9.05. The lowest BCUT2D eigenvalue weighted by molar-refractivity contribution is -0.111. The summed E-state index contributed by atoms with van der Waals surface area (Å²) < 4.78 is 9.49. The summed E-state index contributed by atoms with van der Waals surface area (Å²) in [4.78, 5) is 36.9. The number of benzene rings is 3. The number of nitrogens with one attached hydrogen (secondary N) is 1. The Balaban J connectivity index is 1.91. The Morgan fingerprint density at radius 3 is 2.23 bits per heavy atom. The van der Waals surface area contributed by atoms with Gasteiger partial charge in [-0.3, -0.25) is 4.79 Å². The van der Waals surface area contributed by atoms with E-state index in [4.69, 9.17) is 9.47 Å². The predicted octanol–water partition coefficient (Wildman–Crippen LogP) is 4.46. The molecule has 6 nitrogen and oxygen atoms in total. The van der Waals surface area contributed by atoms with Crippen LogP contribution in [-0.4, -0.2) is 32.1 Å². The molecule has 152 valence electrons. The fourth-order valence-electron chi connectivity index (χ4n) is 3.14. The van der Waals surface area contributed by atoms with E-state index in [1.807, 2.05) is 49.4 Å². The molecule has 0 heterocycles. The van der Waals surface area contributed by atoms with Gasteiger partial charge in [0.25, 0.3) is 0 Å². The van der Waals surface area contributed by atoms with Crippen molar-refractivity contribution in [3.63, 3.8) is 0 Å². The van der Waals surface area contributed by atoms with Gasteiger partial charge in [-0.05, 0) is 47.0 Å². The average molecular weight is 403 g/mol. The zero-order valence-corrected chi connectivity index (χ0v) is 16.9. The van der Waals surface area contributed by atoms with E-state index in [-0.39, 0.29) is 16.8 Å². The number of fused-ring (bicyclic) bond motifs is 1. The molecule has 0 aliphatic heterocycles. The number of allylic oxidation sites excluding steroid dienone is 1. The van der Waals surface area contributed by atoms with Crippen molar-refractivity contribution in [3.8, 4) is 0 Å². The van der Waals surface area contributed by atoms with Crippen molar-refractivity contribution in [2.45, 2.75) is 6.92 Å². The molecule has 0 aliphatic carbocycles. The average Bonchev–Trinajstić information content (AvgIpc) is 2.77. The van der Waals surface area contributed by atoms with Gasteiger partial charge in [0, 0.05) is 6.08 Å². The molecule has 0 aromatic heterocycles. The van der Waals surface area contributed by atoms with Crippen LogP contribution in [0.3, 0.4) is 0 Å². The fourth-order valence-corrected chi connectivity index (χ4v) is 3.14. The van der Waals surface area contributed by atoms with Crippen LogP contribution in [0.2, 0.25) is 0 Å². The summed E-state index contributed by atoms with van der Waals surface area (Å²) in [6.45, 7) is 1.83. The Hall–Kier alpha value is -3.93. The molecule has 3 aromatic rings. The number of amides is 1. The number of rotatable bonds is 5. The van der Waals surface area contributed by atoms with E-state index in [0.29, 0.717) is 0 Å². The first-order valence-electron chi connectivity index (χ1n) is 9.22. The van der Waals surface area contributed by atoms with Crippen molar-refractivity contribution >= 4 is 39.9 Å². The van der Waals surface area contributed by atoms with Gasteiger partial charge in [0.2, 0.25) is 5.91 Å². The van der Waals surface area contributed by atoms with Gasteiger partial charge in [0.1, 0.15) is 0 Å². The van der Waals surface area contributed by atoms with Crippen LogP contribution in [0.15, 0.2) is 66.7 Å². The molecule has 0 unspecified atom stereocenters. The SMILES string of the molecule is COC(=O)c1cccc(NC(=O)C=C(C)c2ccc3ccccc3c2)c1C(=O)OC. The summed E-state index contributed by atoms with van der Waals surface area (Å²) >= 11 is 0. The van der Waals surface area contributed by atoms with Crippen molar-refractivity contribution in [2.75, 3.05) is 19.5 Å². The molecule has 0 saturated heterocycles. The van der Waals surface area contributed by atoms with E-state index in [9.17, 15) is 14.4 Å². The molecule has 1 amide bonds. The Bertz CT molecular complexity index is 1160. The van der Waals surface area contributed by atoms with Crippen LogP contribution in [0.4, 0.5) is 5.69 Å². The van der Waals surface area contributed by atoms with Crippen LogP contribution >= 0.6 is 0 Å². The highest BCUT2D eigenvalue weighted by Gasteiger charge is 2.23. The molecule has 0 radical (unpaired) electrons. The monoisotopic (exact) mass is 403 g/mol. The van der Waals surface area contributed by atoms with Gasteiger partial charge >= 0.3 is 11.9 Å². The number of anilines is 1. The van der Waals surface area contributed by atoms with Gasteiger partial charge in [0.15, 0.2) is 0 Å². The minimum atomic E-state index is -0.749. The number of carbonyl (C=O) groups excluding carboxylic acids is 3. The summed E-state index contributed by atoms with van der Waals surface area (Å²) in [6, 6.07) is 18.4. The fraction of sp³-hybridized carbons (Fsp3) is 0.125. The summed E-state index contributed by atoms with van der Waals surface area (Å²) in [6.07, 6.45) is 1.44. The number of hydrogen-bond acceptors (Lipinski definition) is 5. The first-order chi connectivity index (χ1) is 14.4. The third kappa shape index (κ3) is 4.38. The van der Waals surface area contributed by atoms with Gasteiger partial charge in [-0.1, -0.05) is 42.5 Å². The van der Waals surface area contributed by atoms with Gasteiger partial charge in [-0.15, -0.1) is 0 Å². The Morgan fingerprint density at radius 1 is 0.833 bits per heavy atom. The molecule has 0 atom stereocenters. The standard InChI is InChI=1S/C24H21NO5/c1-15(17-12-11-16-7-4-5-8-18(16)14-17)13-21(26)25-20-10-6-9-19(23(27)29-2)22(20)24(28)30-3/h4-14H,1-3H3,(H,25,26). The van der Waals surface area contributed by atoms with Crippen LogP contribution in [0.5, 0.6) is 0 Å².